The Morgan fingerprint density at radius 1 is 1.53 bits per heavy atom. The average molecular weight is 229 g/mol. The van der Waals surface area contributed by atoms with Gasteiger partial charge in [-0.05, 0) is 17.5 Å². The van der Waals surface area contributed by atoms with Gasteiger partial charge in [0.2, 0.25) is 0 Å². The van der Waals surface area contributed by atoms with Gasteiger partial charge in [0.05, 0.1) is 6.61 Å². The van der Waals surface area contributed by atoms with Gasteiger partial charge in [-0.15, -0.1) is 12.3 Å². The molecule has 88 valence electrons. The quantitative estimate of drug-likeness (QED) is 0.629. The molecule has 1 heterocycles. The van der Waals surface area contributed by atoms with E-state index in [9.17, 15) is 4.79 Å². The molecule has 1 atom stereocenters. The lowest BCUT2D eigenvalue weighted by atomic mass is 9.97. The first kappa shape index (κ1) is 11.7. The van der Waals surface area contributed by atoms with Crippen LogP contribution >= 0.6 is 0 Å². The summed E-state index contributed by atoms with van der Waals surface area (Å²) in [7, 11) is 0. The molecule has 1 aliphatic heterocycles. The SMILES string of the molecule is C#CCCNC(=O)C1OCCc2ccccc21. The van der Waals surface area contributed by atoms with Gasteiger partial charge in [-0.25, -0.2) is 0 Å². The molecule has 0 saturated heterocycles. The number of benzene rings is 1. The van der Waals surface area contributed by atoms with E-state index in [4.69, 9.17) is 11.2 Å². The highest BCUT2D eigenvalue weighted by Gasteiger charge is 2.26. The number of carbonyl (C=O) groups excluding carboxylic acids is 1. The molecule has 0 bridgehead atoms. The van der Waals surface area contributed by atoms with E-state index in [0.717, 1.165) is 12.0 Å². The zero-order valence-corrected chi connectivity index (χ0v) is 9.61. The van der Waals surface area contributed by atoms with Crippen molar-refractivity contribution in [2.45, 2.75) is 18.9 Å². The minimum absolute atomic E-state index is 0.104. The van der Waals surface area contributed by atoms with Crippen LogP contribution in [0.15, 0.2) is 24.3 Å². The molecule has 0 fully saturated rings. The second-order valence-electron chi connectivity index (χ2n) is 3.94. The summed E-state index contributed by atoms with van der Waals surface area (Å²) in [4.78, 5) is 11.9. The van der Waals surface area contributed by atoms with Crippen LogP contribution in [-0.2, 0) is 16.0 Å². The van der Waals surface area contributed by atoms with Crippen molar-refractivity contribution >= 4 is 5.91 Å². The predicted molar refractivity (Wildman–Crippen MR) is 65.3 cm³/mol. The van der Waals surface area contributed by atoms with Gasteiger partial charge in [-0.1, -0.05) is 24.3 Å². The Labute approximate surface area is 101 Å². The van der Waals surface area contributed by atoms with Crippen molar-refractivity contribution in [1.82, 2.24) is 5.32 Å². The van der Waals surface area contributed by atoms with Gasteiger partial charge in [0, 0.05) is 13.0 Å². The normalized spacial score (nSPS) is 17.9. The number of hydrogen-bond donors (Lipinski definition) is 1. The summed E-state index contributed by atoms with van der Waals surface area (Å²) in [5.41, 5.74) is 2.16. The molecule has 2 rings (SSSR count). The van der Waals surface area contributed by atoms with Crippen LogP contribution in [0.2, 0.25) is 0 Å². The largest absolute Gasteiger partial charge is 0.363 e. The Kier molecular flexibility index (Phi) is 3.79. The van der Waals surface area contributed by atoms with E-state index >= 15 is 0 Å². The highest BCUT2D eigenvalue weighted by molar-refractivity contribution is 5.82. The van der Waals surface area contributed by atoms with Crippen LogP contribution in [-0.4, -0.2) is 19.1 Å². The molecule has 1 aromatic rings. The zero-order valence-electron chi connectivity index (χ0n) is 9.61. The molecule has 1 amide bonds. The van der Waals surface area contributed by atoms with Gasteiger partial charge < -0.3 is 10.1 Å². The lowest BCUT2D eigenvalue weighted by molar-refractivity contribution is -0.134. The molecular formula is C14H15NO2. The third-order valence-corrected chi connectivity index (χ3v) is 2.80. The first-order valence-electron chi connectivity index (χ1n) is 5.73. The summed E-state index contributed by atoms with van der Waals surface area (Å²) in [5.74, 6) is 2.39. The monoisotopic (exact) mass is 229 g/mol. The van der Waals surface area contributed by atoms with Crippen LogP contribution < -0.4 is 5.32 Å². The molecule has 0 spiro atoms. The number of rotatable bonds is 3. The molecule has 3 heteroatoms. The predicted octanol–water partition coefficient (Wildman–Crippen LogP) is 1.44. The number of nitrogens with one attached hydrogen (secondary N) is 1. The summed E-state index contributed by atoms with van der Waals surface area (Å²) in [5, 5.41) is 2.79. The standard InChI is InChI=1S/C14H15NO2/c1-2-3-9-15-14(16)13-12-7-5-4-6-11(12)8-10-17-13/h1,4-7,13H,3,8-10H2,(H,15,16). The minimum atomic E-state index is -0.488. The van der Waals surface area contributed by atoms with Crippen LogP contribution in [0.5, 0.6) is 0 Å². The van der Waals surface area contributed by atoms with Crippen molar-refractivity contribution in [3.8, 4) is 12.3 Å². The van der Waals surface area contributed by atoms with Crippen LogP contribution in [0, 0.1) is 12.3 Å². The van der Waals surface area contributed by atoms with Gasteiger partial charge in [-0.3, -0.25) is 4.79 Å². The van der Waals surface area contributed by atoms with Crippen molar-refractivity contribution < 1.29 is 9.53 Å². The van der Waals surface area contributed by atoms with E-state index in [-0.39, 0.29) is 5.91 Å². The Morgan fingerprint density at radius 3 is 3.18 bits per heavy atom. The molecule has 1 N–H and O–H groups in total. The first-order valence-corrected chi connectivity index (χ1v) is 5.73. The summed E-state index contributed by atoms with van der Waals surface area (Å²) < 4.78 is 5.53. The topological polar surface area (TPSA) is 38.3 Å². The summed E-state index contributed by atoms with van der Waals surface area (Å²) in [6, 6.07) is 7.90. The number of hydrogen-bond acceptors (Lipinski definition) is 2. The van der Waals surface area contributed by atoms with Gasteiger partial charge in [0.25, 0.3) is 5.91 Å². The maximum atomic E-state index is 11.9. The lowest BCUT2D eigenvalue weighted by Gasteiger charge is -2.25. The smallest absolute Gasteiger partial charge is 0.253 e. The fourth-order valence-corrected chi connectivity index (χ4v) is 1.96. The molecular weight excluding hydrogens is 214 g/mol. The average Bonchev–Trinajstić information content (AvgIpc) is 2.38. The highest BCUT2D eigenvalue weighted by atomic mass is 16.5. The maximum Gasteiger partial charge on any atom is 0.253 e. The minimum Gasteiger partial charge on any atom is -0.363 e. The lowest BCUT2D eigenvalue weighted by Crippen LogP contribution is -2.34. The van der Waals surface area contributed by atoms with Crippen molar-refractivity contribution in [3.05, 3.63) is 35.4 Å². The molecule has 1 aromatic carbocycles. The maximum absolute atomic E-state index is 11.9. The molecule has 0 aromatic heterocycles. The molecule has 0 saturated carbocycles. The fourth-order valence-electron chi connectivity index (χ4n) is 1.96. The summed E-state index contributed by atoms with van der Waals surface area (Å²) in [6.07, 6.45) is 6.06. The third-order valence-electron chi connectivity index (χ3n) is 2.80. The summed E-state index contributed by atoms with van der Waals surface area (Å²) in [6.45, 7) is 1.08. The van der Waals surface area contributed by atoms with Crippen molar-refractivity contribution in [3.63, 3.8) is 0 Å². The van der Waals surface area contributed by atoms with E-state index in [2.05, 4.69) is 11.2 Å². The zero-order chi connectivity index (χ0) is 12.1. The Bertz CT molecular complexity index is 448. The molecule has 0 aliphatic carbocycles. The van der Waals surface area contributed by atoms with E-state index in [0.29, 0.717) is 19.6 Å². The molecule has 3 nitrogen and oxygen atoms in total. The van der Waals surface area contributed by atoms with Crippen molar-refractivity contribution in [1.29, 1.82) is 0 Å². The number of terminal acetylenes is 1. The van der Waals surface area contributed by atoms with E-state index < -0.39 is 6.10 Å². The Morgan fingerprint density at radius 2 is 2.35 bits per heavy atom. The second-order valence-corrected chi connectivity index (χ2v) is 3.94. The van der Waals surface area contributed by atoms with Gasteiger partial charge in [-0.2, -0.15) is 0 Å². The molecule has 1 aliphatic rings. The molecule has 1 unspecified atom stereocenters. The highest BCUT2D eigenvalue weighted by Crippen LogP contribution is 2.26. The van der Waals surface area contributed by atoms with Crippen LogP contribution in [0.3, 0.4) is 0 Å². The van der Waals surface area contributed by atoms with Crippen LogP contribution in [0.25, 0.3) is 0 Å². The van der Waals surface area contributed by atoms with E-state index in [1.54, 1.807) is 0 Å². The van der Waals surface area contributed by atoms with E-state index in [1.807, 2.05) is 24.3 Å². The second kappa shape index (κ2) is 5.51. The van der Waals surface area contributed by atoms with Crippen LogP contribution in [0.1, 0.15) is 23.7 Å². The number of carbonyl (C=O) groups is 1. The number of ether oxygens (including phenoxy) is 1. The molecule has 17 heavy (non-hydrogen) atoms. The van der Waals surface area contributed by atoms with Gasteiger partial charge >= 0.3 is 0 Å². The van der Waals surface area contributed by atoms with Gasteiger partial charge in [0.1, 0.15) is 0 Å². The summed E-state index contributed by atoms with van der Waals surface area (Å²) >= 11 is 0. The third kappa shape index (κ3) is 2.66. The van der Waals surface area contributed by atoms with Crippen molar-refractivity contribution in [2.75, 3.05) is 13.2 Å². The number of fused-ring (bicyclic) bond motifs is 1. The van der Waals surface area contributed by atoms with Crippen LogP contribution in [0.4, 0.5) is 0 Å². The molecule has 0 radical (unpaired) electrons. The number of amides is 1. The fraction of sp³-hybridized carbons (Fsp3) is 0.357. The van der Waals surface area contributed by atoms with Gasteiger partial charge in [0.15, 0.2) is 6.10 Å². The van der Waals surface area contributed by atoms with Crippen molar-refractivity contribution in [2.24, 2.45) is 0 Å². The Balaban J connectivity index is 2.08. The van der Waals surface area contributed by atoms with E-state index in [1.165, 1.54) is 5.56 Å². The Hall–Kier alpha value is -1.79. The first-order chi connectivity index (χ1) is 8.33.